The maximum Gasteiger partial charge on any atom is 0.410 e. The van der Waals surface area contributed by atoms with Crippen LogP contribution in [0.5, 0.6) is 0 Å². The van der Waals surface area contributed by atoms with E-state index in [0.29, 0.717) is 30.1 Å². The molecule has 1 aromatic rings. The van der Waals surface area contributed by atoms with Gasteiger partial charge in [0, 0.05) is 31.4 Å². The smallest absolute Gasteiger partial charge is 0.410 e. The number of carbonyl (C=O) groups excluding carboxylic acids is 1. The van der Waals surface area contributed by atoms with Crippen LogP contribution in [0.25, 0.3) is 0 Å². The second-order valence-corrected chi connectivity index (χ2v) is 7.34. The first-order valence-corrected chi connectivity index (χ1v) is 8.33. The highest BCUT2D eigenvalue weighted by atomic mass is 35.5. The molecular formula is C16H25ClN4O2. The zero-order valence-corrected chi connectivity index (χ0v) is 15.0. The molecule has 128 valence electrons. The maximum atomic E-state index is 12.2. The SMILES string of the molecule is Cc1cnc(NC[C@H]2CCCN(C(=O)OC(C)(C)C)C2)nc1Cl. The van der Waals surface area contributed by atoms with Gasteiger partial charge in [-0.3, -0.25) is 0 Å². The van der Waals surface area contributed by atoms with Crippen LogP contribution in [0, 0.1) is 12.8 Å². The van der Waals surface area contributed by atoms with E-state index < -0.39 is 5.60 Å². The standard InChI is InChI=1S/C16H25ClN4O2/c1-11-8-18-14(20-13(11)17)19-9-12-6-5-7-21(10-12)15(22)23-16(2,3)4/h8,12H,5-7,9-10H2,1-4H3,(H,18,19,20)/t12-/m1/s1. The summed E-state index contributed by atoms with van der Waals surface area (Å²) in [4.78, 5) is 22.4. The minimum absolute atomic E-state index is 0.239. The van der Waals surface area contributed by atoms with Crippen LogP contribution in [0.4, 0.5) is 10.7 Å². The summed E-state index contributed by atoms with van der Waals surface area (Å²) in [6, 6.07) is 0. The van der Waals surface area contributed by atoms with Crippen LogP contribution in [-0.4, -0.2) is 46.2 Å². The van der Waals surface area contributed by atoms with E-state index in [1.54, 1.807) is 11.1 Å². The third kappa shape index (κ3) is 5.53. The molecule has 1 saturated heterocycles. The lowest BCUT2D eigenvalue weighted by molar-refractivity contribution is 0.0172. The second-order valence-electron chi connectivity index (χ2n) is 6.98. The number of ether oxygens (including phenoxy) is 1. The highest BCUT2D eigenvalue weighted by molar-refractivity contribution is 6.30. The molecule has 1 amide bonds. The molecular weight excluding hydrogens is 316 g/mol. The summed E-state index contributed by atoms with van der Waals surface area (Å²) in [6.45, 7) is 9.65. The number of piperidine rings is 1. The first-order valence-electron chi connectivity index (χ1n) is 7.95. The number of nitrogens with one attached hydrogen (secondary N) is 1. The first-order chi connectivity index (χ1) is 10.7. The predicted octanol–water partition coefficient (Wildman–Crippen LogP) is 3.50. The van der Waals surface area contributed by atoms with Gasteiger partial charge in [0.2, 0.25) is 5.95 Å². The topological polar surface area (TPSA) is 67.4 Å². The van der Waals surface area contributed by atoms with E-state index in [-0.39, 0.29) is 6.09 Å². The van der Waals surface area contributed by atoms with Gasteiger partial charge in [-0.1, -0.05) is 11.6 Å². The Morgan fingerprint density at radius 3 is 2.91 bits per heavy atom. The fourth-order valence-electron chi connectivity index (χ4n) is 2.47. The van der Waals surface area contributed by atoms with Crippen molar-refractivity contribution in [3.05, 3.63) is 16.9 Å². The number of aryl methyl sites for hydroxylation is 1. The van der Waals surface area contributed by atoms with E-state index in [1.807, 2.05) is 27.7 Å². The number of rotatable bonds is 3. The van der Waals surface area contributed by atoms with Crippen molar-refractivity contribution in [2.45, 2.75) is 46.1 Å². The average molecular weight is 341 g/mol. The van der Waals surface area contributed by atoms with E-state index in [0.717, 1.165) is 24.9 Å². The number of aromatic nitrogens is 2. The largest absolute Gasteiger partial charge is 0.444 e. The fraction of sp³-hybridized carbons (Fsp3) is 0.688. The number of amides is 1. The zero-order valence-electron chi connectivity index (χ0n) is 14.2. The van der Waals surface area contributed by atoms with Crippen molar-refractivity contribution in [1.82, 2.24) is 14.9 Å². The molecule has 0 saturated carbocycles. The number of anilines is 1. The lowest BCUT2D eigenvalue weighted by Crippen LogP contribution is -2.44. The molecule has 0 bridgehead atoms. The number of hydrogen-bond acceptors (Lipinski definition) is 5. The fourth-order valence-corrected chi connectivity index (χ4v) is 2.59. The van der Waals surface area contributed by atoms with Crippen LogP contribution in [0.2, 0.25) is 5.15 Å². The van der Waals surface area contributed by atoms with Crippen LogP contribution in [0.1, 0.15) is 39.2 Å². The molecule has 1 atom stereocenters. The molecule has 1 fully saturated rings. The zero-order chi connectivity index (χ0) is 17.0. The van der Waals surface area contributed by atoms with E-state index >= 15 is 0 Å². The Morgan fingerprint density at radius 1 is 1.52 bits per heavy atom. The van der Waals surface area contributed by atoms with Crippen LogP contribution in [-0.2, 0) is 4.74 Å². The minimum Gasteiger partial charge on any atom is -0.444 e. The molecule has 2 heterocycles. The van der Waals surface area contributed by atoms with Gasteiger partial charge in [0.05, 0.1) is 0 Å². The Bertz CT molecular complexity index is 560. The summed E-state index contributed by atoms with van der Waals surface area (Å²) in [5.41, 5.74) is 0.389. The molecule has 0 aromatic carbocycles. The van der Waals surface area contributed by atoms with E-state index in [4.69, 9.17) is 16.3 Å². The van der Waals surface area contributed by atoms with Gasteiger partial charge in [0.25, 0.3) is 0 Å². The van der Waals surface area contributed by atoms with Crippen molar-refractivity contribution in [2.75, 3.05) is 25.0 Å². The summed E-state index contributed by atoms with van der Waals surface area (Å²) >= 11 is 6.00. The van der Waals surface area contributed by atoms with Gasteiger partial charge in [0.15, 0.2) is 0 Å². The Balaban J connectivity index is 1.86. The number of likely N-dealkylation sites (tertiary alicyclic amines) is 1. The van der Waals surface area contributed by atoms with Crippen molar-refractivity contribution in [3.63, 3.8) is 0 Å². The van der Waals surface area contributed by atoms with Crippen molar-refractivity contribution in [1.29, 1.82) is 0 Å². The molecule has 2 rings (SSSR count). The summed E-state index contributed by atoms with van der Waals surface area (Å²) < 4.78 is 5.44. The molecule has 0 radical (unpaired) electrons. The van der Waals surface area contributed by atoms with Crippen LogP contribution in [0.3, 0.4) is 0 Å². The average Bonchev–Trinajstić information content (AvgIpc) is 2.47. The normalized spacial score (nSPS) is 18.7. The summed E-state index contributed by atoms with van der Waals surface area (Å²) in [7, 11) is 0. The molecule has 1 aliphatic heterocycles. The molecule has 6 nitrogen and oxygen atoms in total. The van der Waals surface area contributed by atoms with E-state index in [1.165, 1.54) is 0 Å². The quantitative estimate of drug-likeness (QED) is 0.853. The third-order valence-electron chi connectivity index (χ3n) is 3.63. The minimum atomic E-state index is -0.464. The van der Waals surface area contributed by atoms with Crippen LogP contribution in [0.15, 0.2) is 6.20 Å². The highest BCUT2D eigenvalue weighted by Crippen LogP contribution is 2.20. The van der Waals surface area contributed by atoms with Gasteiger partial charge in [0.1, 0.15) is 10.8 Å². The van der Waals surface area contributed by atoms with E-state index in [9.17, 15) is 4.79 Å². The summed E-state index contributed by atoms with van der Waals surface area (Å²) in [5.74, 6) is 0.870. The molecule has 7 heteroatoms. The molecule has 0 unspecified atom stereocenters. The van der Waals surface area contributed by atoms with Crippen LogP contribution >= 0.6 is 11.6 Å². The third-order valence-corrected chi connectivity index (χ3v) is 4.01. The van der Waals surface area contributed by atoms with Crippen molar-refractivity contribution >= 4 is 23.6 Å². The van der Waals surface area contributed by atoms with Gasteiger partial charge in [-0.2, -0.15) is 0 Å². The van der Waals surface area contributed by atoms with Gasteiger partial charge >= 0.3 is 6.09 Å². The van der Waals surface area contributed by atoms with Crippen molar-refractivity contribution in [2.24, 2.45) is 5.92 Å². The van der Waals surface area contributed by atoms with Gasteiger partial charge in [-0.15, -0.1) is 0 Å². The molecule has 0 spiro atoms. The lowest BCUT2D eigenvalue weighted by atomic mass is 9.98. The van der Waals surface area contributed by atoms with Crippen LogP contribution < -0.4 is 5.32 Å². The van der Waals surface area contributed by atoms with Gasteiger partial charge in [-0.05, 0) is 46.5 Å². The molecule has 0 aliphatic carbocycles. The lowest BCUT2D eigenvalue weighted by Gasteiger charge is -2.34. The first kappa shape index (κ1) is 17.8. The molecule has 1 aromatic heterocycles. The number of nitrogens with zero attached hydrogens (tertiary/aromatic N) is 3. The number of halogens is 1. The molecule has 23 heavy (non-hydrogen) atoms. The predicted molar refractivity (Wildman–Crippen MR) is 90.8 cm³/mol. The Labute approximate surface area is 142 Å². The monoisotopic (exact) mass is 340 g/mol. The molecule has 1 N–H and O–H groups in total. The van der Waals surface area contributed by atoms with Gasteiger partial charge < -0.3 is 15.0 Å². The summed E-state index contributed by atoms with van der Waals surface area (Å²) in [5, 5.41) is 3.66. The number of hydrogen-bond donors (Lipinski definition) is 1. The number of carbonyl (C=O) groups is 1. The summed E-state index contributed by atoms with van der Waals surface area (Å²) in [6.07, 6.45) is 3.50. The Morgan fingerprint density at radius 2 is 2.26 bits per heavy atom. The van der Waals surface area contributed by atoms with Crippen molar-refractivity contribution in [3.8, 4) is 0 Å². The van der Waals surface area contributed by atoms with E-state index in [2.05, 4.69) is 15.3 Å². The van der Waals surface area contributed by atoms with Crippen molar-refractivity contribution < 1.29 is 9.53 Å². The second kappa shape index (κ2) is 7.34. The highest BCUT2D eigenvalue weighted by Gasteiger charge is 2.27. The maximum absolute atomic E-state index is 12.2. The Kier molecular flexibility index (Phi) is 5.68. The van der Waals surface area contributed by atoms with Gasteiger partial charge in [-0.25, -0.2) is 14.8 Å². The molecule has 1 aliphatic rings. The Hall–Kier alpha value is -1.56.